The van der Waals surface area contributed by atoms with Gasteiger partial charge < -0.3 is 24.8 Å². The van der Waals surface area contributed by atoms with E-state index in [1.165, 1.54) is 31.4 Å². The third-order valence-corrected chi connectivity index (χ3v) is 3.65. The first kappa shape index (κ1) is 13.7. The van der Waals surface area contributed by atoms with Crippen LogP contribution in [0.25, 0.3) is 0 Å². The van der Waals surface area contributed by atoms with Crippen LogP contribution in [0.4, 0.5) is 0 Å². The number of methoxy groups -OCH3 is 1. The molecule has 0 saturated carbocycles. The van der Waals surface area contributed by atoms with Gasteiger partial charge in [-0.15, -0.1) is 0 Å². The van der Waals surface area contributed by atoms with E-state index in [-0.39, 0.29) is 11.5 Å². The van der Waals surface area contributed by atoms with Crippen molar-refractivity contribution in [3.63, 3.8) is 0 Å². The molecule has 1 aliphatic heterocycles. The number of ether oxygens (including phenoxy) is 2. The lowest BCUT2D eigenvalue weighted by molar-refractivity contribution is -0.0870. The van der Waals surface area contributed by atoms with Crippen LogP contribution in [-0.4, -0.2) is 28.5 Å². The molecule has 2 aromatic carbocycles. The fraction of sp³-hybridized carbons (Fsp3) is 0.250. The summed E-state index contributed by atoms with van der Waals surface area (Å²) in [4.78, 5) is 0. The molecule has 3 atom stereocenters. The van der Waals surface area contributed by atoms with E-state index in [2.05, 4.69) is 0 Å². The largest absolute Gasteiger partial charge is 0.508 e. The summed E-state index contributed by atoms with van der Waals surface area (Å²) in [5, 5.41) is 29.4. The Morgan fingerprint density at radius 1 is 1.00 bits per heavy atom. The Morgan fingerprint density at radius 2 is 1.67 bits per heavy atom. The molecule has 0 bridgehead atoms. The summed E-state index contributed by atoms with van der Waals surface area (Å²) < 4.78 is 11.2. The average Bonchev–Trinajstić information content (AvgIpc) is 2.48. The Kier molecular flexibility index (Phi) is 3.45. The number of benzene rings is 2. The summed E-state index contributed by atoms with van der Waals surface area (Å²) in [6.45, 7) is 0. The Hall–Kier alpha value is -2.24. The minimum atomic E-state index is -0.892. The van der Waals surface area contributed by atoms with E-state index in [1.54, 1.807) is 18.2 Å². The number of aliphatic hydroxyl groups excluding tert-OH is 1. The van der Waals surface area contributed by atoms with Crippen molar-refractivity contribution < 1.29 is 24.8 Å². The molecular weight excluding hydrogens is 272 g/mol. The molecule has 0 radical (unpaired) electrons. The standard InChI is InChI=1S/C16H16O5/c1-20-16-12-7-6-11(18)8-13(12)21-15(14(16)19)9-2-4-10(17)5-3-9/h2-8,14-19H,1H3/t14-,15?,16+/m1/s1. The van der Waals surface area contributed by atoms with E-state index in [0.717, 1.165) is 5.56 Å². The summed E-state index contributed by atoms with van der Waals surface area (Å²) in [6.07, 6.45) is -2.07. The van der Waals surface area contributed by atoms with Crippen LogP contribution in [0.3, 0.4) is 0 Å². The van der Waals surface area contributed by atoms with Crippen molar-refractivity contribution >= 4 is 0 Å². The minimum Gasteiger partial charge on any atom is -0.508 e. The fourth-order valence-electron chi connectivity index (χ4n) is 2.61. The maximum absolute atomic E-state index is 10.5. The van der Waals surface area contributed by atoms with Crippen molar-refractivity contribution in [3.05, 3.63) is 53.6 Å². The van der Waals surface area contributed by atoms with Gasteiger partial charge in [0.05, 0.1) is 0 Å². The lowest BCUT2D eigenvalue weighted by atomic mass is 9.92. The molecule has 1 aliphatic rings. The van der Waals surface area contributed by atoms with Crippen LogP contribution in [0, 0.1) is 0 Å². The summed E-state index contributed by atoms with van der Waals surface area (Å²) in [5.74, 6) is 0.708. The normalized spacial score (nSPS) is 24.2. The van der Waals surface area contributed by atoms with Crippen molar-refractivity contribution in [1.82, 2.24) is 0 Å². The molecule has 1 unspecified atom stereocenters. The van der Waals surface area contributed by atoms with Crippen molar-refractivity contribution in [2.45, 2.75) is 18.3 Å². The zero-order chi connectivity index (χ0) is 15.0. The van der Waals surface area contributed by atoms with Gasteiger partial charge in [-0.2, -0.15) is 0 Å². The lowest BCUT2D eigenvalue weighted by Gasteiger charge is -2.36. The quantitative estimate of drug-likeness (QED) is 0.790. The van der Waals surface area contributed by atoms with Crippen LogP contribution >= 0.6 is 0 Å². The molecule has 5 heteroatoms. The molecule has 5 nitrogen and oxygen atoms in total. The molecule has 3 N–H and O–H groups in total. The number of phenolic OH excluding ortho intramolecular Hbond substituents is 2. The van der Waals surface area contributed by atoms with Gasteiger partial charge >= 0.3 is 0 Å². The van der Waals surface area contributed by atoms with Gasteiger partial charge in [0.15, 0.2) is 6.10 Å². The third kappa shape index (κ3) is 2.41. The average molecular weight is 288 g/mol. The number of phenols is 2. The number of aliphatic hydroxyl groups is 1. The second-order valence-corrected chi connectivity index (χ2v) is 5.00. The van der Waals surface area contributed by atoms with Crippen LogP contribution in [0.2, 0.25) is 0 Å². The molecule has 0 amide bonds. The first-order valence-electron chi connectivity index (χ1n) is 6.59. The van der Waals surface area contributed by atoms with Gasteiger partial charge in [0, 0.05) is 18.7 Å². The number of rotatable bonds is 2. The maximum atomic E-state index is 10.5. The molecule has 0 fully saturated rings. The van der Waals surface area contributed by atoms with Crippen molar-refractivity contribution in [2.24, 2.45) is 0 Å². The highest BCUT2D eigenvalue weighted by atomic mass is 16.5. The maximum Gasteiger partial charge on any atom is 0.152 e. The second kappa shape index (κ2) is 5.27. The van der Waals surface area contributed by atoms with Gasteiger partial charge in [-0.1, -0.05) is 12.1 Å². The van der Waals surface area contributed by atoms with E-state index in [1.807, 2.05) is 0 Å². The van der Waals surface area contributed by atoms with Gasteiger partial charge in [0.1, 0.15) is 29.5 Å². The fourth-order valence-corrected chi connectivity index (χ4v) is 2.61. The highest BCUT2D eigenvalue weighted by Gasteiger charge is 2.38. The predicted molar refractivity (Wildman–Crippen MR) is 75.3 cm³/mol. The Morgan fingerprint density at radius 3 is 2.33 bits per heavy atom. The van der Waals surface area contributed by atoms with E-state index in [9.17, 15) is 15.3 Å². The van der Waals surface area contributed by atoms with Crippen LogP contribution in [0.1, 0.15) is 23.3 Å². The van der Waals surface area contributed by atoms with Crippen LogP contribution in [-0.2, 0) is 4.74 Å². The zero-order valence-corrected chi connectivity index (χ0v) is 11.4. The molecule has 0 aliphatic carbocycles. The molecule has 0 saturated heterocycles. The summed E-state index contributed by atoms with van der Waals surface area (Å²) in [5.41, 5.74) is 1.41. The number of hydrogen-bond acceptors (Lipinski definition) is 5. The van der Waals surface area contributed by atoms with Crippen molar-refractivity contribution in [3.8, 4) is 17.2 Å². The molecule has 3 rings (SSSR count). The van der Waals surface area contributed by atoms with Gasteiger partial charge in [-0.05, 0) is 29.8 Å². The molecule has 1 heterocycles. The van der Waals surface area contributed by atoms with E-state index < -0.39 is 18.3 Å². The molecule has 0 spiro atoms. The van der Waals surface area contributed by atoms with Crippen molar-refractivity contribution in [1.29, 1.82) is 0 Å². The first-order valence-corrected chi connectivity index (χ1v) is 6.59. The second-order valence-electron chi connectivity index (χ2n) is 5.00. The first-order chi connectivity index (χ1) is 10.1. The van der Waals surface area contributed by atoms with E-state index in [0.29, 0.717) is 11.3 Å². The van der Waals surface area contributed by atoms with Crippen LogP contribution in [0.5, 0.6) is 17.2 Å². The highest BCUT2D eigenvalue weighted by molar-refractivity contribution is 5.45. The van der Waals surface area contributed by atoms with E-state index >= 15 is 0 Å². The monoisotopic (exact) mass is 288 g/mol. The summed E-state index contributed by atoms with van der Waals surface area (Å²) >= 11 is 0. The SMILES string of the molecule is CO[C@H]1c2ccc(O)cc2OC(c2ccc(O)cc2)[C@H]1O. The highest BCUT2D eigenvalue weighted by Crippen LogP contribution is 2.43. The predicted octanol–water partition coefficient (Wildman–Crippen LogP) is 2.28. The third-order valence-electron chi connectivity index (χ3n) is 3.65. The number of aromatic hydroxyl groups is 2. The lowest BCUT2D eigenvalue weighted by Crippen LogP contribution is -2.35. The Balaban J connectivity index is 2.02. The van der Waals surface area contributed by atoms with Crippen LogP contribution in [0.15, 0.2) is 42.5 Å². The van der Waals surface area contributed by atoms with Gasteiger partial charge in [-0.3, -0.25) is 0 Å². The Labute approximate surface area is 122 Å². The topological polar surface area (TPSA) is 79.2 Å². The number of hydrogen-bond donors (Lipinski definition) is 3. The van der Waals surface area contributed by atoms with Gasteiger partial charge in [0.25, 0.3) is 0 Å². The van der Waals surface area contributed by atoms with Gasteiger partial charge in [0.2, 0.25) is 0 Å². The molecule has 21 heavy (non-hydrogen) atoms. The molecule has 2 aromatic rings. The van der Waals surface area contributed by atoms with E-state index in [4.69, 9.17) is 9.47 Å². The van der Waals surface area contributed by atoms with Crippen molar-refractivity contribution in [2.75, 3.05) is 7.11 Å². The van der Waals surface area contributed by atoms with Gasteiger partial charge in [-0.25, -0.2) is 0 Å². The Bertz CT molecular complexity index is 638. The van der Waals surface area contributed by atoms with Crippen LogP contribution < -0.4 is 4.74 Å². The number of fused-ring (bicyclic) bond motifs is 1. The minimum absolute atomic E-state index is 0.0875. The molecule has 0 aromatic heterocycles. The smallest absolute Gasteiger partial charge is 0.152 e. The molecule has 110 valence electrons. The molecular formula is C16H16O5. The zero-order valence-electron chi connectivity index (χ0n) is 11.4. The summed E-state index contributed by atoms with van der Waals surface area (Å²) in [6, 6.07) is 11.1. The summed E-state index contributed by atoms with van der Waals surface area (Å²) in [7, 11) is 1.52.